The maximum Gasteiger partial charge on any atom is 0.490 e. The fourth-order valence-corrected chi connectivity index (χ4v) is 5.00. The lowest BCUT2D eigenvalue weighted by Crippen LogP contribution is -2.41. The lowest BCUT2D eigenvalue weighted by atomic mass is 9.61. The maximum atomic E-state index is 13.3. The Balaban J connectivity index is 1.51. The molecule has 3 saturated heterocycles. The number of imide groups is 1. The van der Waals surface area contributed by atoms with Crippen molar-refractivity contribution >= 4 is 24.6 Å². The number of amides is 2. The van der Waals surface area contributed by atoms with E-state index in [1.54, 1.807) is 0 Å². The molecule has 4 aliphatic rings. The SMILES string of the molecule is CC1(C)OB(C2=C3COCC3C3C(=O)N(c4ccccc4)C(=O)C3C2)OC1(C)C. The van der Waals surface area contributed by atoms with Crippen molar-refractivity contribution in [1.29, 1.82) is 0 Å². The van der Waals surface area contributed by atoms with Gasteiger partial charge in [0.05, 0.1) is 41.9 Å². The Hall–Kier alpha value is -1.96. The van der Waals surface area contributed by atoms with Crippen LogP contribution in [0.4, 0.5) is 5.69 Å². The highest BCUT2D eigenvalue weighted by atomic mass is 16.7. The number of hydrogen-bond acceptors (Lipinski definition) is 5. The minimum atomic E-state index is -0.506. The number of anilines is 1. The summed E-state index contributed by atoms with van der Waals surface area (Å²) in [6.45, 7) is 9.02. The van der Waals surface area contributed by atoms with Crippen LogP contribution < -0.4 is 4.90 Å². The highest BCUT2D eigenvalue weighted by Crippen LogP contribution is 2.50. The molecule has 1 aliphatic carbocycles. The number of carbonyl (C=O) groups is 2. The fraction of sp³-hybridized carbons (Fsp3) is 0.545. The van der Waals surface area contributed by atoms with Gasteiger partial charge in [0.25, 0.3) is 0 Å². The summed E-state index contributed by atoms with van der Waals surface area (Å²) in [6.07, 6.45) is 0.477. The molecule has 1 aromatic carbocycles. The summed E-state index contributed by atoms with van der Waals surface area (Å²) >= 11 is 0. The molecule has 0 spiro atoms. The van der Waals surface area contributed by atoms with Crippen molar-refractivity contribution in [3.63, 3.8) is 0 Å². The van der Waals surface area contributed by atoms with Crippen molar-refractivity contribution in [3.05, 3.63) is 41.4 Å². The molecule has 29 heavy (non-hydrogen) atoms. The summed E-state index contributed by atoms with van der Waals surface area (Å²) < 4.78 is 18.3. The Labute approximate surface area is 171 Å². The van der Waals surface area contributed by atoms with Gasteiger partial charge in [0.15, 0.2) is 0 Å². The highest BCUT2D eigenvalue weighted by molar-refractivity contribution is 6.55. The van der Waals surface area contributed by atoms with E-state index in [2.05, 4.69) is 0 Å². The van der Waals surface area contributed by atoms with E-state index in [-0.39, 0.29) is 23.7 Å². The predicted octanol–water partition coefficient (Wildman–Crippen LogP) is 2.77. The molecule has 3 fully saturated rings. The monoisotopic (exact) mass is 395 g/mol. The fourth-order valence-electron chi connectivity index (χ4n) is 5.00. The number of allylic oxidation sites excluding steroid dienone is 1. The van der Waals surface area contributed by atoms with Crippen molar-refractivity contribution < 1.29 is 23.6 Å². The molecule has 3 atom stereocenters. The van der Waals surface area contributed by atoms with Gasteiger partial charge in [0.2, 0.25) is 11.8 Å². The number of nitrogens with zero attached hydrogens (tertiary/aromatic N) is 1. The number of rotatable bonds is 2. The van der Waals surface area contributed by atoms with E-state index >= 15 is 0 Å². The van der Waals surface area contributed by atoms with Crippen LogP contribution >= 0.6 is 0 Å². The molecule has 0 radical (unpaired) electrons. The highest BCUT2D eigenvalue weighted by Gasteiger charge is 2.60. The van der Waals surface area contributed by atoms with Crippen LogP contribution in [-0.4, -0.2) is 43.3 Å². The zero-order valence-electron chi connectivity index (χ0n) is 17.3. The molecule has 2 amide bonds. The molecule has 5 rings (SSSR count). The number of carbonyl (C=O) groups excluding carboxylic acids is 2. The van der Waals surface area contributed by atoms with E-state index in [9.17, 15) is 9.59 Å². The average molecular weight is 395 g/mol. The second kappa shape index (κ2) is 6.27. The average Bonchev–Trinajstić information content (AvgIpc) is 3.30. The molecule has 0 bridgehead atoms. The Morgan fingerprint density at radius 1 is 0.966 bits per heavy atom. The van der Waals surface area contributed by atoms with Gasteiger partial charge in [-0.3, -0.25) is 14.5 Å². The Morgan fingerprint density at radius 3 is 2.28 bits per heavy atom. The smallest absolute Gasteiger partial charge is 0.400 e. The molecule has 152 valence electrons. The van der Waals surface area contributed by atoms with Crippen LogP contribution in [0.25, 0.3) is 0 Å². The van der Waals surface area contributed by atoms with Crippen LogP contribution in [0, 0.1) is 17.8 Å². The van der Waals surface area contributed by atoms with Crippen molar-refractivity contribution in [1.82, 2.24) is 0 Å². The summed E-state index contributed by atoms with van der Waals surface area (Å²) in [5, 5.41) is 0. The van der Waals surface area contributed by atoms with E-state index < -0.39 is 24.2 Å². The van der Waals surface area contributed by atoms with E-state index in [0.717, 1.165) is 11.0 Å². The first-order valence-electron chi connectivity index (χ1n) is 10.3. The van der Waals surface area contributed by atoms with Gasteiger partial charge < -0.3 is 14.0 Å². The van der Waals surface area contributed by atoms with E-state index in [1.165, 1.54) is 4.90 Å². The molecule has 3 aliphatic heterocycles. The van der Waals surface area contributed by atoms with Crippen LogP contribution in [0.5, 0.6) is 0 Å². The van der Waals surface area contributed by atoms with Crippen molar-refractivity contribution in [2.45, 2.75) is 45.3 Å². The summed E-state index contributed by atoms with van der Waals surface area (Å²) in [5.41, 5.74) is 1.80. The number of fused-ring (bicyclic) bond motifs is 3. The summed E-state index contributed by atoms with van der Waals surface area (Å²) in [6, 6.07) is 9.18. The van der Waals surface area contributed by atoms with Gasteiger partial charge in [-0.05, 0) is 57.3 Å². The van der Waals surface area contributed by atoms with Crippen molar-refractivity contribution in [2.75, 3.05) is 18.1 Å². The maximum absolute atomic E-state index is 13.3. The number of benzene rings is 1. The second-order valence-corrected chi connectivity index (χ2v) is 9.44. The lowest BCUT2D eigenvalue weighted by Gasteiger charge is -2.32. The van der Waals surface area contributed by atoms with Crippen LogP contribution in [0.3, 0.4) is 0 Å². The van der Waals surface area contributed by atoms with E-state index in [1.807, 2.05) is 58.0 Å². The molecule has 1 aromatic rings. The second-order valence-electron chi connectivity index (χ2n) is 9.44. The van der Waals surface area contributed by atoms with Gasteiger partial charge >= 0.3 is 7.12 Å². The van der Waals surface area contributed by atoms with Gasteiger partial charge in [-0.25, -0.2) is 0 Å². The van der Waals surface area contributed by atoms with Gasteiger partial charge in [0, 0.05) is 5.92 Å². The molecule has 3 unspecified atom stereocenters. The van der Waals surface area contributed by atoms with Crippen LogP contribution in [0.15, 0.2) is 41.4 Å². The van der Waals surface area contributed by atoms with Gasteiger partial charge in [0.1, 0.15) is 0 Å². The van der Waals surface area contributed by atoms with E-state index in [0.29, 0.717) is 25.3 Å². The lowest BCUT2D eigenvalue weighted by molar-refractivity contribution is -0.122. The molecule has 0 saturated carbocycles. The van der Waals surface area contributed by atoms with Crippen molar-refractivity contribution in [2.24, 2.45) is 17.8 Å². The molecular formula is C22H26BNO5. The molecule has 0 N–H and O–H groups in total. The molecule has 3 heterocycles. The minimum absolute atomic E-state index is 0.0899. The zero-order valence-corrected chi connectivity index (χ0v) is 17.3. The first kappa shape index (κ1) is 19.0. The van der Waals surface area contributed by atoms with Gasteiger partial charge in [-0.2, -0.15) is 0 Å². The number of para-hydroxylation sites is 1. The third-order valence-electron chi connectivity index (χ3n) is 7.32. The quantitative estimate of drug-likeness (QED) is 0.569. The number of ether oxygens (including phenoxy) is 1. The summed E-state index contributed by atoms with van der Waals surface area (Å²) in [5.74, 6) is -1.11. The topological polar surface area (TPSA) is 65.1 Å². The first-order valence-corrected chi connectivity index (χ1v) is 10.3. The van der Waals surface area contributed by atoms with Gasteiger partial charge in [-0.15, -0.1) is 0 Å². The standard InChI is InChI=1S/C22H26BNO5/c1-21(2)22(3,4)29-23(28-21)17-10-14-18(16-12-27-11-15(16)17)20(26)24(19(14)25)13-8-6-5-7-9-13/h5-9,14,16,18H,10-12H2,1-4H3. The predicted molar refractivity (Wildman–Crippen MR) is 108 cm³/mol. The van der Waals surface area contributed by atoms with Crippen LogP contribution in [0.2, 0.25) is 0 Å². The largest absolute Gasteiger partial charge is 0.490 e. The Kier molecular flexibility index (Phi) is 4.12. The Bertz CT molecular complexity index is 893. The third-order valence-corrected chi connectivity index (χ3v) is 7.32. The minimum Gasteiger partial charge on any atom is -0.400 e. The molecule has 6 nitrogen and oxygen atoms in total. The van der Waals surface area contributed by atoms with E-state index in [4.69, 9.17) is 14.0 Å². The zero-order chi connectivity index (χ0) is 20.6. The van der Waals surface area contributed by atoms with Crippen LogP contribution in [-0.2, 0) is 23.6 Å². The normalized spacial score (nSPS) is 32.8. The van der Waals surface area contributed by atoms with Crippen LogP contribution in [0.1, 0.15) is 34.1 Å². The molecule has 0 aromatic heterocycles. The number of hydrogen-bond donors (Lipinski definition) is 0. The third kappa shape index (κ3) is 2.67. The molecular weight excluding hydrogens is 369 g/mol. The van der Waals surface area contributed by atoms with Gasteiger partial charge in [-0.1, -0.05) is 18.2 Å². The summed E-state index contributed by atoms with van der Waals surface area (Å²) in [4.78, 5) is 28.0. The summed E-state index contributed by atoms with van der Waals surface area (Å²) in [7, 11) is -0.506. The molecule has 7 heteroatoms. The first-order chi connectivity index (χ1) is 13.7. The Morgan fingerprint density at radius 2 is 1.62 bits per heavy atom. The van der Waals surface area contributed by atoms with Crippen molar-refractivity contribution in [3.8, 4) is 0 Å².